The van der Waals surface area contributed by atoms with Gasteiger partial charge in [-0.2, -0.15) is 0 Å². The van der Waals surface area contributed by atoms with Crippen LogP contribution in [0, 0.1) is 12.8 Å². The minimum atomic E-state index is 0.775. The van der Waals surface area contributed by atoms with Gasteiger partial charge in [0.1, 0.15) is 0 Å². The highest BCUT2D eigenvalue weighted by molar-refractivity contribution is 7.80. The average Bonchev–Trinajstić information content (AvgIpc) is 3.18. The number of rotatable bonds is 5. The Morgan fingerprint density at radius 3 is 2.84 bits per heavy atom. The van der Waals surface area contributed by atoms with Gasteiger partial charge in [0.25, 0.3) is 0 Å². The molecule has 104 valence electrons. The second-order valence-electron chi connectivity index (χ2n) is 5.23. The molecule has 0 amide bonds. The first kappa shape index (κ1) is 14.6. The molecule has 1 fully saturated rings. The van der Waals surface area contributed by atoms with Crippen LogP contribution in [0.15, 0.2) is 18.2 Å². The van der Waals surface area contributed by atoms with Crippen LogP contribution >= 0.6 is 23.8 Å². The van der Waals surface area contributed by atoms with Crippen molar-refractivity contribution >= 4 is 34.6 Å². The Morgan fingerprint density at radius 1 is 1.47 bits per heavy atom. The summed E-state index contributed by atoms with van der Waals surface area (Å²) in [6.45, 7) is 6.30. The summed E-state index contributed by atoms with van der Waals surface area (Å²) >= 11 is 11.7. The summed E-state index contributed by atoms with van der Waals surface area (Å²) in [5.41, 5.74) is 2.06. The maximum absolute atomic E-state index is 6.14. The molecule has 0 unspecified atom stereocenters. The summed E-state index contributed by atoms with van der Waals surface area (Å²) in [6, 6.07) is 5.87. The number of nitrogens with one attached hydrogen (secondary N) is 1. The summed E-state index contributed by atoms with van der Waals surface area (Å²) in [6.07, 6.45) is 3.81. The Labute approximate surface area is 126 Å². The molecule has 19 heavy (non-hydrogen) atoms. The van der Waals surface area contributed by atoms with Crippen molar-refractivity contribution in [2.45, 2.75) is 33.1 Å². The van der Waals surface area contributed by atoms with Crippen molar-refractivity contribution in [2.24, 2.45) is 5.92 Å². The lowest BCUT2D eigenvalue weighted by Crippen LogP contribution is -2.37. The van der Waals surface area contributed by atoms with Gasteiger partial charge in [-0.1, -0.05) is 24.6 Å². The van der Waals surface area contributed by atoms with Gasteiger partial charge in [0.15, 0.2) is 5.11 Å². The molecule has 0 atom stereocenters. The molecule has 0 bridgehead atoms. The predicted molar refractivity (Wildman–Crippen MR) is 87.0 cm³/mol. The molecule has 0 aliphatic heterocycles. The van der Waals surface area contributed by atoms with E-state index in [1.165, 1.54) is 12.8 Å². The average molecular weight is 297 g/mol. The summed E-state index contributed by atoms with van der Waals surface area (Å²) in [5, 5.41) is 4.94. The minimum absolute atomic E-state index is 0.775. The molecular weight excluding hydrogens is 276 g/mol. The lowest BCUT2D eigenvalue weighted by atomic mass is 10.2. The van der Waals surface area contributed by atoms with Crippen molar-refractivity contribution in [3.8, 4) is 0 Å². The van der Waals surface area contributed by atoms with Crippen molar-refractivity contribution in [3.63, 3.8) is 0 Å². The molecular formula is C15H21ClN2S. The van der Waals surface area contributed by atoms with Crippen LogP contribution in [0.1, 0.15) is 31.7 Å². The molecule has 1 aliphatic rings. The Balaban J connectivity index is 2.02. The zero-order valence-electron chi connectivity index (χ0n) is 11.6. The molecule has 1 aromatic rings. The fourth-order valence-corrected chi connectivity index (χ4v) is 2.55. The summed E-state index contributed by atoms with van der Waals surface area (Å²) < 4.78 is 0. The van der Waals surface area contributed by atoms with Gasteiger partial charge in [-0.05, 0) is 62.0 Å². The van der Waals surface area contributed by atoms with Gasteiger partial charge in [-0.25, -0.2) is 0 Å². The molecule has 0 heterocycles. The van der Waals surface area contributed by atoms with E-state index in [1.807, 2.05) is 25.1 Å². The van der Waals surface area contributed by atoms with Crippen molar-refractivity contribution < 1.29 is 0 Å². The Morgan fingerprint density at radius 2 is 2.21 bits per heavy atom. The summed E-state index contributed by atoms with van der Waals surface area (Å²) in [7, 11) is 0. The first-order valence-electron chi connectivity index (χ1n) is 6.93. The third-order valence-electron chi connectivity index (χ3n) is 3.47. The van der Waals surface area contributed by atoms with E-state index >= 15 is 0 Å². The number of anilines is 1. The third kappa shape index (κ3) is 4.08. The third-order valence-corrected chi connectivity index (χ3v) is 4.24. The lowest BCUT2D eigenvalue weighted by molar-refractivity contribution is 0.404. The van der Waals surface area contributed by atoms with Gasteiger partial charge in [-0.3, -0.25) is 0 Å². The van der Waals surface area contributed by atoms with Gasteiger partial charge >= 0.3 is 0 Å². The van der Waals surface area contributed by atoms with Crippen LogP contribution in [0.4, 0.5) is 5.69 Å². The maximum atomic E-state index is 6.14. The molecule has 2 nitrogen and oxygen atoms in total. The van der Waals surface area contributed by atoms with E-state index in [0.29, 0.717) is 0 Å². The van der Waals surface area contributed by atoms with Crippen LogP contribution in [0.5, 0.6) is 0 Å². The summed E-state index contributed by atoms with van der Waals surface area (Å²) in [4.78, 5) is 2.29. The highest BCUT2D eigenvalue weighted by atomic mass is 35.5. The highest BCUT2D eigenvalue weighted by Crippen LogP contribution is 2.30. The van der Waals surface area contributed by atoms with Gasteiger partial charge in [0.05, 0.1) is 0 Å². The maximum Gasteiger partial charge on any atom is 0.173 e. The van der Waals surface area contributed by atoms with Crippen LogP contribution in [-0.4, -0.2) is 23.1 Å². The van der Waals surface area contributed by atoms with E-state index in [0.717, 1.165) is 46.8 Å². The fourth-order valence-electron chi connectivity index (χ4n) is 2.09. The molecule has 1 saturated carbocycles. The quantitative estimate of drug-likeness (QED) is 0.807. The Hall–Kier alpha value is -0.800. The molecule has 0 spiro atoms. The predicted octanol–water partition coefficient (Wildman–Crippen LogP) is 4.47. The van der Waals surface area contributed by atoms with E-state index in [9.17, 15) is 0 Å². The summed E-state index contributed by atoms with van der Waals surface area (Å²) in [5.74, 6) is 0.840. The fraction of sp³-hybridized carbons (Fsp3) is 0.533. The molecule has 0 aromatic heterocycles. The number of hydrogen-bond acceptors (Lipinski definition) is 1. The van der Waals surface area contributed by atoms with Crippen LogP contribution in [0.3, 0.4) is 0 Å². The number of thiocarbonyl (C=S) groups is 1. The number of hydrogen-bond donors (Lipinski definition) is 1. The minimum Gasteiger partial charge on any atom is -0.349 e. The number of halogens is 1. The molecule has 0 saturated heterocycles. The van der Waals surface area contributed by atoms with Crippen LogP contribution in [0.25, 0.3) is 0 Å². The highest BCUT2D eigenvalue weighted by Gasteiger charge is 2.25. The monoisotopic (exact) mass is 296 g/mol. The lowest BCUT2D eigenvalue weighted by Gasteiger charge is -2.26. The largest absolute Gasteiger partial charge is 0.349 e. The first-order chi connectivity index (χ1) is 9.11. The van der Waals surface area contributed by atoms with Crippen molar-refractivity contribution in [3.05, 3.63) is 28.8 Å². The topological polar surface area (TPSA) is 15.3 Å². The normalized spacial score (nSPS) is 14.3. The smallest absolute Gasteiger partial charge is 0.173 e. The van der Waals surface area contributed by atoms with Crippen LogP contribution in [-0.2, 0) is 0 Å². The first-order valence-corrected chi connectivity index (χ1v) is 7.71. The molecule has 1 N–H and O–H groups in total. The molecule has 4 heteroatoms. The molecule has 1 aromatic carbocycles. The Kier molecular flexibility index (Phi) is 5.06. The SMILES string of the molecule is CCCN(CC1CC1)C(=S)Nc1cccc(Cl)c1C. The van der Waals surface area contributed by atoms with Crippen LogP contribution in [0.2, 0.25) is 5.02 Å². The second kappa shape index (κ2) is 6.58. The number of benzene rings is 1. The van der Waals surface area contributed by atoms with Crippen molar-refractivity contribution in [1.29, 1.82) is 0 Å². The van der Waals surface area contributed by atoms with Gasteiger partial charge in [0, 0.05) is 23.8 Å². The van der Waals surface area contributed by atoms with Gasteiger partial charge < -0.3 is 10.2 Å². The molecule has 2 rings (SSSR count). The van der Waals surface area contributed by atoms with E-state index in [-0.39, 0.29) is 0 Å². The van der Waals surface area contributed by atoms with Gasteiger partial charge in [-0.15, -0.1) is 0 Å². The van der Waals surface area contributed by atoms with Gasteiger partial charge in [0.2, 0.25) is 0 Å². The standard InChI is InChI=1S/C15H21ClN2S/c1-3-9-18(10-12-7-8-12)15(19)17-14-6-4-5-13(16)11(14)2/h4-6,12H,3,7-10H2,1-2H3,(H,17,19). The number of nitrogens with zero attached hydrogens (tertiary/aromatic N) is 1. The zero-order chi connectivity index (χ0) is 13.8. The van der Waals surface area contributed by atoms with E-state index in [2.05, 4.69) is 17.1 Å². The van der Waals surface area contributed by atoms with E-state index in [4.69, 9.17) is 23.8 Å². The van der Waals surface area contributed by atoms with Crippen LogP contribution < -0.4 is 5.32 Å². The Bertz CT molecular complexity index is 457. The second-order valence-corrected chi connectivity index (χ2v) is 6.03. The van der Waals surface area contributed by atoms with Crippen molar-refractivity contribution in [2.75, 3.05) is 18.4 Å². The van der Waals surface area contributed by atoms with E-state index in [1.54, 1.807) is 0 Å². The van der Waals surface area contributed by atoms with Crippen molar-refractivity contribution in [1.82, 2.24) is 4.90 Å². The molecule has 1 aliphatic carbocycles. The zero-order valence-corrected chi connectivity index (χ0v) is 13.2. The molecule has 0 radical (unpaired) electrons. The van der Waals surface area contributed by atoms with E-state index < -0.39 is 0 Å².